The minimum absolute atomic E-state index is 0.0125. The SMILES string of the molecule is CC(C)=CCN1C(=O)Cc2cccc(O)c2Nc2c(O)cc(O)cc21. The van der Waals surface area contributed by atoms with Crippen molar-refractivity contribution < 1.29 is 20.1 Å². The van der Waals surface area contributed by atoms with Crippen molar-refractivity contribution in [2.75, 3.05) is 16.8 Å². The molecule has 0 aliphatic carbocycles. The van der Waals surface area contributed by atoms with Crippen LogP contribution in [0.4, 0.5) is 17.1 Å². The Morgan fingerprint density at radius 3 is 2.64 bits per heavy atom. The molecule has 2 aromatic carbocycles. The summed E-state index contributed by atoms with van der Waals surface area (Å²) in [5, 5.41) is 33.3. The van der Waals surface area contributed by atoms with Crippen molar-refractivity contribution in [3.8, 4) is 17.2 Å². The second-order valence-electron chi connectivity index (χ2n) is 6.26. The monoisotopic (exact) mass is 340 g/mol. The van der Waals surface area contributed by atoms with Gasteiger partial charge in [0.05, 0.1) is 17.8 Å². The van der Waals surface area contributed by atoms with Crippen LogP contribution in [-0.4, -0.2) is 27.8 Å². The Balaban J connectivity index is 2.20. The Kier molecular flexibility index (Phi) is 4.27. The van der Waals surface area contributed by atoms with Gasteiger partial charge in [0, 0.05) is 18.7 Å². The molecule has 2 aromatic rings. The predicted octanol–water partition coefficient (Wildman–Crippen LogP) is 3.40. The summed E-state index contributed by atoms with van der Waals surface area (Å²) >= 11 is 0. The largest absolute Gasteiger partial charge is 0.508 e. The van der Waals surface area contributed by atoms with Gasteiger partial charge in [0.15, 0.2) is 0 Å². The molecule has 6 heteroatoms. The van der Waals surface area contributed by atoms with Crippen molar-refractivity contribution in [1.82, 2.24) is 0 Å². The van der Waals surface area contributed by atoms with Crippen molar-refractivity contribution in [2.45, 2.75) is 20.3 Å². The first-order chi connectivity index (χ1) is 11.9. The average molecular weight is 340 g/mol. The second kappa shape index (κ2) is 6.39. The molecule has 0 saturated carbocycles. The van der Waals surface area contributed by atoms with Gasteiger partial charge in [0.2, 0.25) is 5.91 Å². The first-order valence-electron chi connectivity index (χ1n) is 7.94. The van der Waals surface area contributed by atoms with Crippen LogP contribution in [0.3, 0.4) is 0 Å². The quantitative estimate of drug-likeness (QED) is 0.382. The summed E-state index contributed by atoms with van der Waals surface area (Å²) in [6.07, 6.45) is 1.98. The number of phenols is 3. The van der Waals surface area contributed by atoms with Crippen molar-refractivity contribution >= 4 is 23.0 Å². The molecule has 25 heavy (non-hydrogen) atoms. The smallest absolute Gasteiger partial charge is 0.231 e. The van der Waals surface area contributed by atoms with Crippen LogP contribution in [0.25, 0.3) is 0 Å². The lowest BCUT2D eigenvalue weighted by Gasteiger charge is -2.29. The van der Waals surface area contributed by atoms with Gasteiger partial charge in [-0.05, 0) is 25.5 Å². The molecule has 4 N–H and O–H groups in total. The summed E-state index contributed by atoms with van der Waals surface area (Å²) in [6, 6.07) is 7.54. The standard InChI is InChI=1S/C19H20N2O4/c1-11(2)6-7-21-14-9-13(22)10-16(24)19(14)20-18-12(8-17(21)25)4-3-5-15(18)23/h3-6,9-10,20,22-24H,7-8H2,1-2H3. The lowest BCUT2D eigenvalue weighted by molar-refractivity contribution is -0.117. The summed E-state index contributed by atoms with van der Waals surface area (Å²) in [7, 11) is 0. The first-order valence-corrected chi connectivity index (χ1v) is 7.94. The molecule has 1 amide bonds. The van der Waals surface area contributed by atoms with Crippen molar-refractivity contribution in [3.05, 3.63) is 47.5 Å². The molecule has 0 saturated heterocycles. The molecule has 1 aliphatic heterocycles. The van der Waals surface area contributed by atoms with Crippen LogP contribution in [0.1, 0.15) is 19.4 Å². The van der Waals surface area contributed by atoms with Crippen LogP contribution < -0.4 is 10.2 Å². The summed E-state index contributed by atoms with van der Waals surface area (Å²) in [5.41, 5.74) is 2.67. The van der Waals surface area contributed by atoms with Crippen LogP contribution in [0.15, 0.2) is 42.0 Å². The molecule has 0 bridgehead atoms. The number of rotatable bonds is 2. The van der Waals surface area contributed by atoms with Gasteiger partial charge in [-0.1, -0.05) is 23.8 Å². The molecule has 0 atom stereocenters. The number of nitrogens with one attached hydrogen (secondary N) is 1. The number of hydrogen-bond acceptors (Lipinski definition) is 5. The molecule has 0 aromatic heterocycles. The molecular weight excluding hydrogens is 320 g/mol. The van der Waals surface area contributed by atoms with Gasteiger partial charge in [0.25, 0.3) is 0 Å². The first kappa shape index (κ1) is 16.7. The number of amides is 1. The Morgan fingerprint density at radius 2 is 1.92 bits per heavy atom. The third kappa shape index (κ3) is 3.24. The highest BCUT2D eigenvalue weighted by atomic mass is 16.3. The van der Waals surface area contributed by atoms with E-state index in [4.69, 9.17) is 0 Å². The zero-order valence-electron chi connectivity index (χ0n) is 14.1. The highest BCUT2D eigenvalue weighted by molar-refractivity contribution is 6.02. The number of carbonyl (C=O) groups is 1. The molecule has 0 unspecified atom stereocenters. The zero-order valence-corrected chi connectivity index (χ0v) is 14.1. The fourth-order valence-electron chi connectivity index (χ4n) is 2.81. The molecule has 0 spiro atoms. The third-order valence-electron chi connectivity index (χ3n) is 4.08. The number of aromatic hydroxyl groups is 3. The number of fused-ring (bicyclic) bond motifs is 2. The lowest BCUT2D eigenvalue weighted by Crippen LogP contribution is -2.34. The Hall–Kier alpha value is -3.15. The molecule has 3 rings (SSSR count). The minimum Gasteiger partial charge on any atom is -0.508 e. The Morgan fingerprint density at radius 1 is 1.16 bits per heavy atom. The average Bonchev–Trinajstić information content (AvgIpc) is 2.51. The van der Waals surface area contributed by atoms with Gasteiger partial charge in [-0.3, -0.25) is 4.79 Å². The van der Waals surface area contributed by atoms with E-state index in [1.165, 1.54) is 23.1 Å². The maximum absolute atomic E-state index is 12.9. The second-order valence-corrected chi connectivity index (χ2v) is 6.26. The zero-order chi connectivity index (χ0) is 18.1. The van der Waals surface area contributed by atoms with Gasteiger partial charge in [-0.2, -0.15) is 0 Å². The van der Waals surface area contributed by atoms with E-state index < -0.39 is 0 Å². The van der Waals surface area contributed by atoms with E-state index >= 15 is 0 Å². The number of anilines is 3. The van der Waals surface area contributed by atoms with E-state index in [0.29, 0.717) is 23.5 Å². The van der Waals surface area contributed by atoms with Gasteiger partial charge < -0.3 is 25.5 Å². The van der Waals surface area contributed by atoms with Crippen LogP contribution >= 0.6 is 0 Å². The van der Waals surface area contributed by atoms with E-state index in [1.54, 1.807) is 12.1 Å². The predicted molar refractivity (Wildman–Crippen MR) is 96.6 cm³/mol. The van der Waals surface area contributed by atoms with Gasteiger partial charge in [0.1, 0.15) is 22.9 Å². The topological polar surface area (TPSA) is 93.0 Å². The van der Waals surface area contributed by atoms with Crippen LogP contribution in [0, 0.1) is 0 Å². The maximum atomic E-state index is 12.9. The molecule has 6 nitrogen and oxygen atoms in total. The number of benzene rings is 2. The Labute approximate surface area is 145 Å². The van der Waals surface area contributed by atoms with Crippen LogP contribution in [0.2, 0.25) is 0 Å². The maximum Gasteiger partial charge on any atom is 0.231 e. The normalized spacial score (nSPS) is 13.2. The van der Waals surface area contributed by atoms with Crippen molar-refractivity contribution in [2.24, 2.45) is 0 Å². The molecule has 130 valence electrons. The fraction of sp³-hybridized carbons (Fsp3) is 0.211. The molecule has 1 heterocycles. The number of allylic oxidation sites excluding steroid dienone is 1. The van der Waals surface area contributed by atoms with E-state index in [9.17, 15) is 20.1 Å². The van der Waals surface area contributed by atoms with Crippen LogP contribution in [0.5, 0.6) is 17.2 Å². The Bertz CT molecular complexity index is 870. The van der Waals surface area contributed by atoms with E-state index in [2.05, 4.69) is 5.32 Å². The van der Waals surface area contributed by atoms with Gasteiger partial charge >= 0.3 is 0 Å². The highest BCUT2D eigenvalue weighted by Gasteiger charge is 2.26. The van der Waals surface area contributed by atoms with E-state index in [1.807, 2.05) is 19.9 Å². The number of nitrogens with zero attached hydrogens (tertiary/aromatic N) is 1. The summed E-state index contributed by atoms with van der Waals surface area (Å²) in [4.78, 5) is 14.4. The number of hydrogen-bond donors (Lipinski definition) is 4. The highest BCUT2D eigenvalue weighted by Crippen LogP contribution is 2.44. The third-order valence-corrected chi connectivity index (χ3v) is 4.08. The van der Waals surface area contributed by atoms with Crippen LogP contribution in [-0.2, 0) is 11.2 Å². The minimum atomic E-state index is -0.207. The number of para-hydroxylation sites is 1. The van der Waals surface area contributed by atoms with E-state index in [-0.39, 0.29) is 35.3 Å². The lowest BCUT2D eigenvalue weighted by atomic mass is 10.0. The molecule has 0 fully saturated rings. The van der Waals surface area contributed by atoms with Crippen molar-refractivity contribution in [1.29, 1.82) is 0 Å². The summed E-state index contributed by atoms with van der Waals surface area (Å²) in [5.74, 6) is -0.564. The van der Waals surface area contributed by atoms with Gasteiger partial charge in [-0.15, -0.1) is 0 Å². The van der Waals surface area contributed by atoms with E-state index in [0.717, 1.165) is 5.57 Å². The summed E-state index contributed by atoms with van der Waals surface area (Å²) in [6.45, 7) is 4.18. The summed E-state index contributed by atoms with van der Waals surface area (Å²) < 4.78 is 0. The fourth-order valence-corrected chi connectivity index (χ4v) is 2.81. The number of carbonyl (C=O) groups excluding carboxylic acids is 1. The molecular formula is C19H20N2O4. The van der Waals surface area contributed by atoms with Gasteiger partial charge in [-0.25, -0.2) is 0 Å². The number of phenolic OH excluding ortho intramolecular Hbond substituents is 3. The molecule has 0 radical (unpaired) electrons. The molecule has 1 aliphatic rings. The van der Waals surface area contributed by atoms with Crippen molar-refractivity contribution in [3.63, 3.8) is 0 Å².